The highest BCUT2D eigenvalue weighted by molar-refractivity contribution is 6.31. The summed E-state index contributed by atoms with van der Waals surface area (Å²) in [5.74, 6) is 0.766. The molecule has 1 aromatic carbocycles. The van der Waals surface area contributed by atoms with Gasteiger partial charge in [0.25, 0.3) is 5.56 Å². The van der Waals surface area contributed by atoms with Crippen molar-refractivity contribution in [2.45, 2.75) is 19.4 Å². The summed E-state index contributed by atoms with van der Waals surface area (Å²) in [5, 5.41) is 4.55. The fourth-order valence-corrected chi connectivity index (χ4v) is 3.30. The van der Waals surface area contributed by atoms with Crippen molar-refractivity contribution in [3.63, 3.8) is 0 Å². The van der Waals surface area contributed by atoms with Crippen LogP contribution in [0.5, 0.6) is 0 Å². The van der Waals surface area contributed by atoms with E-state index in [1.165, 1.54) is 4.90 Å². The first kappa shape index (κ1) is 18.2. The zero-order chi connectivity index (χ0) is 19.7. The highest BCUT2D eigenvalue weighted by Gasteiger charge is 2.23. The minimum absolute atomic E-state index is 0.203. The zero-order valence-electron chi connectivity index (χ0n) is 15.1. The van der Waals surface area contributed by atoms with E-state index in [9.17, 15) is 9.59 Å². The Morgan fingerprint density at radius 3 is 2.96 bits per heavy atom. The largest absolute Gasteiger partial charge is 0.449 e. The SMILES string of the molecule is C[C@@H](Nc1nccc(N2CCCOC2=O)n1)c1cc2cc(Cl)ccc2[nH]c1=O. The van der Waals surface area contributed by atoms with Crippen LogP contribution in [0.3, 0.4) is 0 Å². The summed E-state index contributed by atoms with van der Waals surface area (Å²) in [4.78, 5) is 37.3. The molecular formula is C19H18ClN5O3. The van der Waals surface area contributed by atoms with Crippen molar-refractivity contribution in [2.24, 2.45) is 0 Å². The molecule has 0 unspecified atom stereocenters. The lowest BCUT2D eigenvalue weighted by atomic mass is 10.1. The summed E-state index contributed by atoms with van der Waals surface area (Å²) >= 11 is 6.05. The molecule has 0 bridgehead atoms. The number of halogens is 1. The van der Waals surface area contributed by atoms with E-state index >= 15 is 0 Å². The molecule has 1 aliphatic heterocycles. The quantitative estimate of drug-likeness (QED) is 0.696. The smallest absolute Gasteiger partial charge is 0.415 e. The van der Waals surface area contributed by atoms with Crippen LogP contribution in [0.25, 0.3) is 10.9 Å². The average Bonchev–Trinajstić information content (AvgIpc) is 2.68. The number of hydrogen-bond donors (Lipinski definition) is 2. The van der Waals surface area contributed by atoms with Crippen molar-refractivity contribution in [2.75, 3.05) is 23.4 Å². The molecule has 9 heteroatoms. The first-order chi connectivity index (χ1) is 13.5. The second-order valence-corrected chi connectivity index (χ2v) is 6.95. The molecule has 0 aliphatic carbocycles. The fourth-order valence-electron chi connectivity index (χ4n) is 3.12. The third kappa shape index (κ3) is 3.63. The number of ether oxygens (including phenoxy) is 1. The number of carbonyl (C=O) groups excluding carboxylic acids is 1. The summed E-state index contributed by atoms with van der Waals surface area (Å²) in [6.07, 6.45) is 1.87. The van der Waals surface area contributed by atoms with Gasteiger partial charge in [-0.05, 0) is 43.7 Å². The maximum Gasteiger partial charge on any atom is 0.415 e. The van der Waals surface area contributed by atoms with Gasteiger partial charge in [0.15, 0.2) is 0 Å². The Balaban J connectivity index is 1.60. The van der Waals surface area contributed by atoms with Crippen molar-refractivity contribution in [3.05, 3.63) is 57.5 Å². The number of hydrogen-bond acceptors (Lipinski definition) is 6. The number of carbonyl (C=O) groups is 1. The van der Waals surface area contributed by atoms with Crippen LogP contribution in [-0.2, 0) is 4.74 Å². The number of cyclic esters (lactones) is 1. The molecule has 0 radical (unpaired) electrons. The molecule has 2 N–H and O–H groups in total. The number of rotatable bonds is 4. The normalized spacial score (nSPS) is 15.4. The summed E-state index contributed by atoms with van der Waals surface area (Å²) in [6, 6.07) is 8.37. The van der Waals surface area contributed by atoms with E-state index < -0.39 is 6.09 Å². The van der Waals surface area contributed by atoms with Crippen LogP contribution in [-0.4, -0.2) is 34.2 Å². The minimum Gasteiger partial charge on any atom is -0.449 e. The van der Waals surface area contributed by atoms with E-state index in [4.69, 9.17) is 16.3 Å². The Morgan fingerprint density at radius 2 is 2.14 bits per heavy atom. The van der Waals surface area contributed by atoms with Gasteiger partial charge in [-0.2, -0.15) is 4.98 Å². The molecule has 4 rings (SSSR count). The summed E-state index contributed by atoms with van der Waals surface area (Å²) in [5.41, 5.74) is 1.04. The Bertz CT molecular complexity index is 1100. The highest BCUT2D eigenvalue weighted by Crippen LogP contribution is 2.22. The van der Waals surface area contributed by atoms with Gasteiger partial charge in [0.05, 0.1) is 12.6 Å². The van der Waals surface area contributed by atoms with Gasteiger partial charge in [-0.3, -0.25) is 9.69 Å². The van der Waals surface area contributed by atoms with Crippen molar-refractivity contribution < 1.29 is 9.53 Å². The molecule has 1 aliphatic rings. The van der Waals surface area contributed by atoms with Crippen molar-refractivity contribution in [3.8, 4) is 0 Å². The number of nitrogens with zero attached hydrogens (tertiary/aromatic N) is 3. The summed E-state index contributed by atoms with van der Waals surface area (Å²) in [6.45, 7) is 2.79. The van der Waals surface area contributed by atoms with Gasteiger partial charge >= 0.3 is 6.09 Å². The first-order valence-corrected chi connectivity index (χ1v) is 9.25. The van der Waals surface area contributed by atoms with Gasteiger partial charge in [-0.1, -0.05) is 11.6 Å². The number of fused-ring (bicyclic) bond motifs is 1. The lowest BCUT2D eigenvalue weighted by Crippen LogP contribution is -2.38. The molecule has 144 valence electrons. The van der Waals surface area contributed by atoms with Gasteiger partial charge in [0.2, 0.25) is 5.95 Å². The zero-order valence-corrected chi connectivity index (χ0v) is 15.9. The maximum atomic E-state index is 12.5. The van der Waals surface area contributed by atoms with Crippen LogP contribution >= 0.6 is 11.6 Å². The van der Waals surface area contributed by atoms with Crippen LogP contribution in [0.15, 0.2) is 41.3 Å². The molecule has 1 saturated heterocycles. The van der Waals surface area contributed by atoms with Gasteiger partial charge in [-0.15, -0.1) is 0 Å². The number of amides is 1. The Morgan fingerprint density at radius 1 is 1.29 bits per heavy atom. The number of benzene rings is 1. The molecule has 1 amide bonds. The number of nitrogens with one attached hydrogen (secondary N) is 2. The van der Waals surface area contributed by atoms with Crippen molar-refractivity contribution in [1.29, 1.82) is 0 Å². The predicted octanol–water partition coefficient (Wildman–Crippen LogP) is 3.49. The second kappa shape index (κ2) is 7.47. The number of aromatic nitrogens is 3. The summed E-state index contributed by atoms with van der Waals surface area (Å²) < 4.78 is 5.05. The minimum atomic E-state index is -0.424. The van der Waals surface area contributed by atoms with E-state index in [2.05, 4.69) is 20.3 Å². The van der Waals surface area contributed by atoms with Crippen LogP contribution in [0.1, 0.15) is 24.9 Å². The molecule has 8 nitrogen and oxygen atoms in total. The van der Waals surface area contributed by atoms with E-state index in [1.807, 2.05) is 6.92 Å². The van der Waals surface area contributed by atoms with Crippen LogP contribution < -0.4 is 15.8 Å². The van der Waals surface area contributed by atoms with Crippen molar-refractivity contribution in [1.82, 2.24) is 15.0 Å². The van der Waals surface area contributed by atoms with Crippen LogP contribution in [0.4, 0.5) is 16.6 Å². The molecule has 28 heavy (non-hydrogen) atoms. The standard InChI is InChI=1S/C19H18ClN5O3/c1-11(14-10-12-9-13(20)3-4-15(12)23-17(14)26)22-18-21-6-5-16(24-18)25-7-2-8-28-19(25)27/h3-6,9-11H,2,7-8H2,1H3,(H,23,26)(H,21,22,24)/t11-/m1/s1. The molecule has 1 fully saturated rings. The molecule has 0 spiro atoms. The summed E-state index contributed by atoms with van der Waals surface area (Å²) in [7, 11) is 0. The molecule has 0 saturated carbocycles. The van der Waals surface area contributed by atoms with E-state index in [-0.39, 0.29) is 11.6 Å². The molecule has 2 aromatic heterocycles. The van der Waals surface area contributed by atoms with E-state index in [0.717, 1.165) is 11.8 Å². The van der Waals surface area contributed by atoms with Crippen molar-refractivity contribution >= 4 is 40.4 Å². The highest BCUT2D eigenvalue weighted by atomic mass is 35.5. The monoisotopic (exact) mass is 399 g/mol. The average molecular weight is 400 g/mol. The van der Waals surface area contributed by atoms with Gasteiger partial charge < -0.3 is 15.0 Å². The number of pyridine rings is 1. The van der Waals surface area contributed by atoms with Gasteiger partial charge in [0.1, 0.15) is 5.82 Å². The Labute approximate surface area is 165 Å². The Hall–Kier alpha value is -3.13. The Kier molecular flexibility index (Phi) is 4.87. The molecule has 1 atom stereocenters. The van der Waals surface area contributed by atoms with Crippen LogP contribution in [0, 0.1) is 0 Å². The fraction of sp³-hybridized carbons (Fsp3) is 0.263. The molecular weight excluding hydrogens is 382 g/mol. The predicted molar refractivity (Wildman–Crippen MR) is 107 cm³/mol. The molecule has 3 aromatic rings. The van der Waals surface area contributed by atoms with E-state index in [1.54, 1.807) is 36.5 Å². The topological polar surface area (TPSA) is 100 Å². The lowest BCUT2D eigenvalue weighted by molar-refractivity contribution is 0.140. The third-order valence-electron chi connectivity index (χ3n) is 4.54. The second-order valence-electron chi connectivity index (χ2n) is 6.51. The van der Waals surface area contributed by atoms with E-state index in [0.29, 0.717) is 41.0 Å². The first-order valence-electron chi connectivity index (χ1n) is 8.87. The maximum absolute atomic E-state index is 12.5. The number of anilines is 2. The third-order valence-corrected chi connectivity index (χ3v) is 4.77. The van der Waals surface area contributed by atoms with Crippen LogP contribution in [0.2, 0.25) is 5.02 Å². The number of H-pyrrole nitrogens is 1. The number of aromatic amines is 1. The van der Waals surface area contributed by atoms with Gasteiger partial charge in [0, 0.05) is 34.2 Å². The lowest BCUT2D eigenvalue weighted by Gasteiger charge is -2.25. The van der Waals surface area contributed by atoms with Gasteiger partial charge in [-0.25, -0.2) is 9.78 Å². The molecule has 3 heterocycles.